The molecule has 4 rings (SSSR count). The summed E-state index contributed by atoms with van der Waals surface area (Å²) in [6.07, 6.45) is 6.77. The van der Waals surface area contributed by atoms with Gasteiger partial charge < -0.3 is 13.7 Å². The second kappa shape index (κ2) is 6.17. The third-order valence-corrected chi connectivity index (χ3v) is 3.77. The number of hydrogen-bond acceptors (Lipinski definition) is 7. The van der Waals surface area contributed by atoms with Crippen LogP contribution in [0.25, 0.3) is 0 Å². The summed E-state index contributed by atoms with van der Waals surface area (Å²) in [5.74, 6) is 1.75. The van der Waals surface area contributed by atoms with Crippen LogP contribution >= 0.6 is 0 Å². The van der Waals surface area contributed by atoms with E-state index >= 15 is 0 Å². The Morgan fingerprint density at radius 1 is 1.17 bits per heavy atom. The topological polar surface area (TPSA) is 82.1 Å². The highest BCUT2D eigenvalue weighted by Crippen LogP contribution is 2.16. The van der Waals surface area contributed by atoms with Crippen molar-refractivity contribution in [3.8, 4) is 6.01 Å². The van der Waals surface area contributed by atoms with Crippen molar-refractivity contribution in [1.82, 2.24) is 29.6 Å². The number of aromatic nitrogens is 5. The Morgan fingerprint density at radius 2 is 2.09 bits per heavy atom. The van der Waals surface area contributed by atoms with Gasteiger partial charge in [-0.05, 0) is 12.1 Å². The van der Waals surface area contributed by atoms with Crippen molar-refractivity contribution in [2.24, 2.45) is 0 Å². The molecular formula is C15H16N6O2. The summed E-state index contributed by atoms with van der Waals surface area (Å²) in [4.78, 5) is 10.4. The quantitative estimate of drug-likeness (QED) is 0.701. The van der Waals surface area contributed by atoms with Crippen LogP contribution in [0.1, 0.15) is 17.2 Å². The van der Waals surface area contributed by atoms with E-state index in [9.17, 15) is 0 Å². The van der Waals surface area contributed by atoms with Gasteiger partial charge in [0.25, 0.3) is 0 Å². The van der Waals surface area contributed by atoms with E-state index in [4.69, 9.17) is 9.15 Å². The van der Waals surface area contributed by atoms with Gasteiger partial charge >= 0.3 is 6.01 Å². The van der Waals surface area contributed by atoms with Gasteiger partial charge in [0, 0.05) is 37.6 Å². The first kappa shape index (κ1) is 13.9. The molecule has 0 bridgehead atoms. The number of hydrogen-bond donors (Lipinski definition) is 0. The summed E-state index contributed by atoms with van der Waals surface area (Å²) < 4.78 is 12.8. The van der Waals surface area contributed by atoms with Crippen LogP contribution in [0.4, 0.5) is 0 Å². The second-order valence-corrected chi connectivity index (χ2v) is 5.35. The Labute approximate surface area is 132 Å². The van der Waals surface area contributed by atoms with E-state index in [2.05, 4.69) is 29.6 Å². The Morgan fingerprint density at radius 3 is 2.91 bits per heavy atom. The van der Waals surface area contributed by atoms with Crippen molar-refractivity contribution in [2.45, 2.75) is 26.2 Å². The molecule has 0 aromatic carbocycles. The van der Waals surface area contributed by atoms with Crippen molar-refractivity contribution in [2.75, 3.05) is 6.54 Å². The summed E-state index contributed by atoms with van der Waals surface area (Å²) in [5.41, 5.74) is 1.17. The largest absolute Gasteiger partial charge is 0.472 e. The molecule has 0 saturated carbocycles. The van der Waals surface area contributed by atoms with E-state index < -0.39 is 0 Å². The van der Waals surface area contributed by atoms with Crippen molar-refractivity contribution < 1.29 is 9.15 Å². The molecule has 8 nitrogen and oxygen atoms in total. The molecule has 118 valence electrons. The summed E-state index contributed by atoms with van der Waals surface area (Å²) in [5, 5.41) is 8.51. The van der Waals surface area contributed by atoms with Gasteiger partial charge in [0.05, 0.1) is 19.1 Å². The molecule has 0 fully saturated rings. The average molecular weight is 312 g/mol. The Bertz CT molecular complexity index is 756. The van der Waals surface area contributed by atoms with E-state index in [0.717, 1.165) is 37.8 Å². The lowest BCUT2D eigenvalue weighted by molar-refractivity contribution is 0.200. The average Bonchev–Trinajstić information content (AvgIpc) is 3.23. The van der Waals surface area contributed by atoms with Gasteiger partial charge in [-0.15, -0.1) is 10.2 Å². The molecule has 1 aliphatic rings. The molecule has 0 amide bonds. The first-order valence-electron chi connectivity index (χ1n) is 7.43. The van der Waals surface area contributed by atoms with Gasteiger partial charge in [-0.3, -0.25) is 4.90 Å². The zero-order valence-corrected chi connectivity index (χ0v) is 12.5. The lowest BCUT2D eigenvalue weighted by atomic mass is 10.2. The highest BCUT2D eigenvalue weighted by Gasteiger charge is 2.21. The fourth-order valence-electron chi connectivity index (χ4n) is 2.64. The summed E-state index contributed by atoms with van der Waals surface area (Å²) in [6.45, 7) is 3.71. The lowest BCUT2D eigenvalue weighted by Gasteiger charge is -2.27. The highest BCUT2D eigenvalue weighted by atomic mass is 16.5. The molecule has 0 spiro atoms. The van der Waals surface area contributed by atoms with Crippen LogP contribution in [-0.4, -0.2) is 36.2 Å². The standard InChI is InChI=1S/C15H16N6O2/c1-3-16-15(17-4-1)23-11-14-19-18-13-9-20(5-6-21(13)14)8-12-2-7-22-10-12/h1-4,7,10H,5-6,8-9,11H2. The molecule has 0 saturated heterocycles. The van der Waals surface area contributed by atoms with E-state index in [1.807, 2.05) is 6.07 Å². The van der Waals surface area contributed by atoms with E-state index in [0.29, 0.717) is 12.6 Å². The normalized spacial score (nSPS) is 14.6. The second-order valence-electron chi connectivity index (χ2n) is 5.35. The molecule has 23 heavy (non-hydrogen) atoms. The van der Waals surface area contributed by atoms with Crippen LogP contribution in [0.3, 0.4) is 0 Å². The van der Waals surface area contributed by atoms with Crippen molar-refractivity contribution in [3.63, 3.8) is 0 Å². The van der Waals surface area contributed by atoms with E-state index in [-0.39, 0.29) is 0 Å². The van der Waals surface area contributed by atoms with Crippen LogP contribution in [-0.2, 0) is 26.2 Å². The Kier molecular flexibility index (Phi) is 3.73. The predicted octanol–water partition coefficient (Wildman–Crippen LogP) is 1.26. The van der Waals surface area contributed by atoms with E-state index in [1.165, 1.54) is 5.56 Å². The summed E-state index contributed by atoms with van der Waals surface area (Å²) in [7, 11) is 0. The molecule has 1 aliphatic heterocycles. The van der Waals surface area contributed by atoms with Gasteiger partial charge in [0.1, 0.15) is 5.82 Å². The van der Waals surface area contributed by atoms with Crippen LogP contribution in [0, 0.1) is 0 Å². The van der Waals surface area contributed by atoms with Crippen molar-refractivity contribution in [1.29, 1.82) is 0 Å². The van der Waals surface area contributed by atoms with Gasteiger partial charge in [0.2, 0.25) is 0 Å². The van der Waals surface area contributed by atoms with Crippen molar-refractivity contribution >= 4 is 0 Å². The molecule has 3 aromatic heterocycles. The molecular weight excluding hydrogens is 296 g/mol. The lowest BCUT2D eigenvalue weighted by Crippen LogP contribution is -2.34. The van der Waals surface area contributed by atoms with Crippen LogP contribution in [0.5, 0.6) is 6.01 Å². The third-order valence-electron chi connectivity index (χ3n) is 3.77. The molecule has 0 aliphatic carbocycles. The van der Waals surface area contributed by atoms with Gasteiger partial charge in [-0.1, -0.05) is 0 Å². The Hall–Kier alpha value is -2.74. The van der Waals surface area contributed by atoms with E-state index in [1.54, 1.807) is 31.0 Å². The maximum Gasteiger partial charge on any atom is 0.316 e. The highest BCUT2D eigenvalue weighted by molar-refractivity contribution is 5.06. The maximum absolute atomic E-state index is 5.56. The smallest absolute Gasteiger partial charge is 0.316 e. The minimum atomic E-state index is 0.318. The number of nitrogens with zero attached hydrogens (tertiary/aromatic N) is 6. The minimum absolute atomic E-state index is 0.318. The fraction of sp³-hybridized carbons (Fsp3) is 0.333. The van der Waals surface area contributed by atoms with Crippen LogP contribution in [0.15, 0.2) is 41.5 Å². The zero-order valence-electron chi connectivity index (χ0n) is 12.5. The molecule has 8 heteroatoms. The SMILES string of the molecule is c1cnc(OCc2nnc3n2CCN(Cc2ccoc2)C3)nc1. The first-order chi connectivity index (χ1) is 11.4. The fourth-order valence-corrected chi connectivity index (χ4v) is 2.64. The molecule has 0 N–H and O–H groups in total. The molecule has 0 unspecified atom stereocenters. The van der Waals surface area contributed by atoms with Crippen LogP contribution < -0.4 is 4.74 Å². The van der Waals surface area contributed by atoms with Crippen LogP contribution in [0.2, 0.25) is 0 Å². The molecule has 0 radical (unpaired) electrons. The monoisotopic (exact) mass is 312 g/mol. The summed E-state index contributed by atoms with van der Waals surface area (Å²) in [6, 6.07) is 4.08. The molecule has 0 atom stereocenters. The predicted molar refractivity (Wildman–Crippen MR) is 79.2 cm³/mol. The number of furan rings is 1. The van der Waals surface area contributed by atoms with Gasteiger partial charge in [-0.2, -0.15) is 0 Å². The zero-order chi connectivity index (χ0) is 15.5. The van der Waals surface area contributed by atoms with Gasteiger partial charge in [0.15, 0.2) is 12.4 Å². The van der Waals surface area contributed by atoms with Crippen molar-refractivity contribution in [3.05, 3.63) is 54.3 Å². The molecule has 4 heterocycles. The minimum Gasteiger partial charge on any atom is -0.472 e. The summed E-state index contributed by atoms with van der Waals surface area (Å²) >= 11 is 0. The molecule has 3 aromatic rings. The first-order valence-corrected chi connectivity index (χ1v) is 7.43. The maximum atomic E-state index is 5.56. The number of fused-ring (bicyclic) bond motifs is 1. The van der Waals surface area contributed by atoms with Gasteiger partial charge in [-0.25, -0.2) is 9.97 Å². The Balaban J connectivity index is 1.40. The number of ether oxygens (including phenoxy) is 1. The third kappa shape index (κ3) is 3.07. The number of rotatable bonds is 5.